The summed E-state index contributed by atoms with van der Waals surface area (Å²) in [7, 11) is 0. The van der Waals surface area contributed by atoms with Crippen LogP contribution >= 0.6 is 11.8 Å². The van der Waals surface area contributed by atoms with Crippen LogP contribution in [-0.2, 0) is 0 Å². The summed E-state index contributed by atoms with van der Waals surface area (Å²) in [6.45, 7) is 3.86. The Bertz CT molecular complexity index is 341. The third-order valence-electron chi connectivity index (χ3n) is 3.88. The molecule has 0 aromatic carbocycles. The van der Waals surface area contributed by atoms with Crippen molar-refractivity contribution in [1.82, 2.24) is 15.1 Å². The summed E-state index contributed by atoms with van der Waals surface area (Å²) in [5.41, 5.74) is 1.39. The number of aromatic amines is 1. The molecule has 1 unspecified atom stereocenters. The summed E-state index contributed by atoms with van der Waals surface area (Å²) in [5.74, 6) is 1.60. The predicted octanol–water partition coefficient (Wildman–Crippen LogP) is 1.94. The van der Waals surface area contributed by atoms with Gasteiger partial charge in [0, 0.05) is 17.4 Å². The zero-order valence-corrected chi connectivity index (χ0v) is 9.89. The topological polar surface area (TPSA) is 31.9 Å². The minimum Gasteiger partial charge on any atom is -0.303 e. The van der Waals surface area contributed by atoms with Crippen molar-refractivity contribution >= 4 is 11.8 Å². The minimum absolute atomic E-state index is 0.706. The van der Waals surface area contributed by atoms with Gasteiger partial charge in [-0.15, -0.1) is 11.8 Å². The van der Waals surface area contributed by atoms with Gasteiger partial charge < -0.3 is 4.90 Å². The number of H-pyrrole nitrogens is 1. The fraction of sp³-hybridized carbons (Fsp3) is 0.727. The number of nitrogens with zero attached hydrogens (tertiary/aromatic N) is 2. The summed E-state index contributed by atoms with van der Waals surface area (Å²) < 4.78 is 0. The smallest absolute Gasteiger partial charge is 0.0626 e. The molecule has 3 aliphatic rings. The standard InChI is InChI=1S/C11H17N3S/c1-15-10-6-12-13-11(10)9-7-14-4-2-8(9)3-5-14/h6,8-9H,2-5,7H2,1H3,(H,12,13). The molecule has 0 aliphatic carbocycles. The quantitative estimate of drug-likeness (QED) is 0.778. The second-order valence-electron chi connectivity index (χ2n) is 4.60. The lowest BCUT2D eigenvalue weighted by molar-refractivity contribution is 0.0844. The van der Waals surface area contributed by atoms with E-state index in [0.717, 1.165) is 5.92 Å². The van der Waals surface area contributed by atoms with Crippen molar-refractivity contribution in [3.63, 3.8) is 0 Å². The highest BCUT2D eigenvalue weighted by Crippen LogP contribution is 2.40. The average Bonchev–Trinajstić information content (AvgIpc) is 2.78. The van der Waals surface area contributed by atoms with Crippen LogP contribution in [0.15, 0.2) is 11.1 Å². The van der Waals surface area contributed by atoms with Gasteiger partial charge in [-0.3, -0.25) is 5.10 Å². The molecule has 0 amide bonds. The van der Waals surface area contributed by atoms with Crippen molar-refractivity contribution in [1.29, 1.82) is 0 Å². The molecule has 1 atom stereocenters. The molecular formula is C11H17N3S. The minimum atomic E-state index is 0.706. The maximum atomic E-state index is 4.19. The first-order chi connectivity index (χ1) is 7.38. The molecule has 15 heavy (non-hydrogen) atoms. The van der Waals surface area contributed by atoms with E-state index in [1.807, 2.05) is 18.0 Å². The SMILES string of the molecule is CSc1cn[nH]c1C1CN2CCC1CC2. The highest BCUT2D eigenvalue weighted by atomic mass is 32.2. The summed E-state index contributed by atoms with van der Waals surface area (Å²) in [5, 5.41) is 7.40. The molecule has 3 saturated heterocycles. The van der Waals surface area contributed by atoms with Crippen LogP contribution in [-0.4, -0.2) is 41.0 Å². The van der Waals surface area contributed by atoms with Gasteiger partial charge in [-0.1, -0.05) is 0 Å². The van der Waals surface area contributed by atoms with Crippen LogP contribution in [0.3, 0.4) is 0 Å². The number of thioether (sulfide) groups is 1. The molecule has 3 aliphatic heterocycles. The van der Waals surface area contributed by atoms with E-state index in [9.17, 15) is 0 Å². The van der Waals surface area contributed by atoms with Gasteiger partial charge >= 0.3 is 0 Å². The maximum Gasteiger partial charge on any atom is 0.0626 e. The summed E-state index contributed by atoms with van der Waals surface area (Å²) in [4.78, 5) is 3.93. The average molecular weight is 223 g/mol. The third-order valence-corrected chi connectivity index (χ3v) is 4.64. The van der Waals surface area contributed by atoms with Crippen molar-refractivity contribution in [2.45, 2.75) is 23.7 Å². The molecule has 1 aromatic heterocycles. The first-order valence-corrected chi connectivity index (χ1v) is 6.90. The Hall–Kier alpha value is -0.480. The first-order valence-electron chi connectivity index (χ1n) is 5.68. The largest absolute Gasteiger partial charge is 0.303 e. The molecule has 3 nitrogen and oxygen atoms in total. The molecule has 1 N–H and O–H groups in total. The molecule has 3 fully saturated rings. The lowest BCUT2D eigenvalue weighted by Crippen LogP contribution is -2.46. The number of aromatic nitrogens is 2. The Kier molecular flexibility index (Phi) is 2.48. The van der Waals surface area contributed by atoms with Gasteiger partial charge in [-0.2, -0.15) is 5.10 Å². The Morgan fingerprint density at radius 1 is 1.47 bits per heavy atom. The van der Waals surface area contributed by atoms with Gasteiger partial charge in [0.25, 0.3) is 0 Å². The van der Waals surface area contributed by atoms with Gasteiger partial charge in [0.2, 0.25) is 0 Å². The number of rotatable bonds is 2. The van der Waals surface area contributed by atoms with Crippen molar-refractivity contribution in [3.8, 4) is 0 Å². The molecule has 0 spiro atoms. The van der Waals surface area contributed by atoms with Crippen LogP contribution in [0.2, 0.25) is 0 Å². The Morgan fingerprint density at radius 2 is 2.27 bits per heavy atom. The highest BCUT2D eigenvalue weighted by Gasteiger charge is 2.36. The molecule has 2 bridgehead atoms. The molecule has 0 saturated carbocycles. The monoisotopic (exact) mass is 223 g/mol. The Balaban J connectivity index is 1.88. The van der Waals surface area contributed by atoms with E-state index in [1.54, 1.807) is 0 Å². The van der Waals surface area contributed by atoms with Gasteiger partial charge in [0.15, 0.2) is 0 Å². The zero-order chi connectivity index (χ0) is 10.3. The highest BCUT2D eigenvalue weighted by molar-refractivity contribution is 7.98. The second-order valence-corrected chi connectivity index (χ2v) is 5.44. The Labute approximate surface area is 94.6 Å². The molecular weight excluding hydrogens is 206 g/mol. The number of piperidine rings is 3. The summed E-state index contributed by atoms with van der Waals surface area (Å²) >= 11 is 1.81. The molecule has 1 aromatic rings. The van der Waals surface area contributed by atoms with E-state index in [2.05, 4.69) is 21.4 Å². The lowest BCUT2D eigenvalue weighted by atomic mass is 9.77. The van der Waals surface area contributed by atoms with Crippen molar-refractivity contribution in [2.24, 2.45) is 5.92 Å². The second kappa shape index (κ2) is 3.83. The van der Waals surface area contributed by atoms with E-state index in [4.69, 9.17) is 0 Å². The number of hydrogen-bond acceptors (Lipinski definition) is 3. The summed E-state index contributed by atoms with van der Waals surface area (Å²) in [6.07, 6.45) is 6.85. The van der Waals surface area contributed by atoms with Crippen LogP contribution in [0.4, 0.5) is 0 Å². The molecule has 4 rings (SSSR count). The predicted molar refractivity (Wildman–Crippen MR) is 62.3 cm³/mol. The van der Waals surface area contributed by atoms with E-state index in [1.165, 1.54) is 43.1 Å². The molecule has 0 radical (unpaired) electrons. The maximum absolute atomic E-state index is 4.19. The van der Waals surface area contributed by atoms with Gasteiger partial charge in [-0.25, -0.2) is 0 Å². The fourth-order valence-corrected chi connectivity index (χ4v) is 3.58. The van der Waals surface area contributed by atoms with Crippen molar-refractivity contribution < 1.29 is 0 Å². The van der Waals surface area contributed by atoms with Gasteiger partial charge in [-0.05, 0) is 38.1 Å². The van der Waals surface area contributed by atoms with Crippen LogP contribution in [0.25, 0.3) is 0 Å². The van der Waals surface area contributed by atoms with Crippen LogP contribution in [0, 0.1) is 5.92 Å². The third kappa shape index (κ3) is 1.60. The van der Waals surface area contributed by atoms with E-state index in [-0.39, 0.29) is 0 Å². The lowest BCUT2D eigenvalue weighted by Gasteiger charge is -2.44. The molecule has 4 heterocycles. The first kappa shape index (κ1) is 9.73. The van der Waals surface area contributed by atoms with Gasteiger partial charge in [0.1, 0.15) is 0 Å². The van der Waals surface area contributed by atoms with E-state index < -0.39 is 0 Å². The van der Waals surface area contributed by atoms with Crippen LogP contribution in [0.5, 0.6) is 0 Å². The van der Waals surface area contributed by atoms with E-state index >= 15 is 0 Å². The van der Waals surface area contributed by atoms with Gasteiger partial charge in [0.05, 0.1) is 11.9 Å². The van der Waals surface area contributed by atoms with Crippen molar-refractivity contribution in [3.05, 3.63) is 11.9 Å². The fourth-order valence-electron chi connectivity index (χ4n) is 3.01. The Morgan fingerprint density at radius 3 is 2.87 bits per heavy atom. The van der Waals surface area contributed by atoms with E-state index in [0.29, 0.717) is 5.92 Å². The zero-order valence-electron chi connectivity index (χ0n) is 9.07. The van der Waals surface area contributed by atoms with Crippen molar-refractivity contribution in [2.75, 3.05) is 25.9 Å². The number of nitrogens with one attached hydrogen (secondary N) is 1. The summed E-state index contributed by atoms with van der Waals surface area (Å²) in [6, 6.07) is 0. The number of hydrogen-bond donors (Lipinski definition) is 1. The normalized spacial score (nSPS) is 34.6. The molecule has 4 heteroatoms. The van der Waals surface area contributed by atoms with Crippen LogP contribution in [0.1, 0.15) is 24.5 Å². The number of fused-ring (bicyclic) bond motifs is 3. The van der Waals surface area contributed by atoms with Crippen LogP contribution < -0.4 is 0 Å². The molecule has 82 valence electrons.